The molecular weight excluding hydrogens is 346 g/mol. The van der Waals surface area contributed by atoms with Crippen molar-refractivity contribution in [2.75, 3.05) is 7.11 Å². The summed E-state index contributed by atoms with van der Waals surface area (Å²) in [5, 5.41) is 13.0. The van der Waals surface area contributed by atoms with Crippen LogP contribution in [0.4, 0.5) is 0 Å². The molecule has 0 fully saturated rings. The predicted molar refractivity (Wildman–Crippen MR) is 102 cm³/mol. The first kappa shape index (κ1) is 20.3. The van der Waals surface area contributed by atoms with Gasteiger partial charge in [0.25, 0.3) is 5.91 Å². The SMILES string of the molecule is CCCC(NC(=O)C(C)OC(=O)c1cccc(OC)c1O)c1ccccc1. The van der Waals surface area contributed by atoms with E-state index < -0.39 is 18.0 Å². The van der Waals surface area contributed by atoms with Crippen LogP contribution in [-0.2, 0) is 9.53 Å². The van der Waals surface area contributed by atoms with E-state index in [1.54, 1.807) is 6.07 Å². The number of nitrogens with one attached hydrogen (secondary N) is 1. The van der Waals surface area contributed by atoms with Crippen molar-refractivity contribution in [2.45, 2.75) is 38.8 Å². The quantitative estimate of drug-likeness (QED) is 0.693. The molecule has 0 aliphatic carbocycles. The van der Waals surface area contributed by atoms with Crippen LogP contribution in [-0.4, -0.2) is 30.2 Å². The number of benzene rings is 2. The van der Waals surface area contributed by atoms with Crippen LogP contribution >= 0.6 is 0 Å². The Kier molecular flexibility index (Phi) is 7.23. The van der Waals surface area contributed by atoms with Gasteiger partial charge >= 0.3 is 5.97 Å². The van der Waals surface area contributed by atoms with Gasteiger partial charge in [-0.2, -0.15) is 0 Å². The lowest BCUT2D eigenvalue weighted by Gasteiger charge is -2.21. The van der Waals surface area contributed by atoms with E-state index in [1.165, 1.54) is 26.2 Å². The smallest absolute Gasteiger partial charge is 0.342 e. The van der Waals surface area contributed by atoms with Crippen molar-refractivity contribution in [3.8, 4) is 11.5 Å². The van der Waals surface area contributed by atoms with Gasteiger partial charge in [0, 0.05) is 0 Å². The fourth-order valence-electron chi connectivity index (χ4n) is 2.71. The Hall–Kier alpha value is -3.02. The minimum atomic E-state index is -1.01. The monoisotopic (exact) mass is 371 g/mol. The number of esters is 1. The molecule has 27 heavy (non-hydrogen) atoms. The second-order valence-corrected chi connectivity index (χ2v) is 6.16. The first-order valence-electron chi connectivity index (χ1n) is 8.90. The number of hydrogen-bond donors (Lipinski definition) is 2. The highest BCUT2D eigenvalue weighted by Gasteiger charge is 2.24. The molecule has 2 aromatic carbocycles. The molecule has 2 rings (SSSR count). The molecule has 0 saturated carbocycles. The summed E-state index contributed by atoms with van der Waals surface area (Å²) in [5.41, 5.74) is 0.943. The average Bonchev–Trinajstić information content (AvgIpc) is 2.68. The zero-order chi connectivity index (χ0) is 19.8. The highest BCUT2D eigenvalue weighted by molar-refractivity contribution is 5.95. The Morgan fingerprint density at radius 1 is 1.11 bits per heavy atom. The Bertz CT molecular complexity index is 775. The number of para-hydroxylation sites is 1. The normalized spacial score (nSPS) is 12.7. The number of rotatable bonds is 8. The zero-order valence-electron chi connectivity index (χ0n) is 15.8. The molecule has 0 saturated heterocycles. The van der Waals surface area contributed by atoms with E-state index in [9.17, 15) is 14.7 Å². The van der Waals surface area contributed by atoms with Gasteiger partial charge in [0.1, 0.15) is 5.56 Å². The van der Waals surface area contributed by atoms with E-state index in [-0.39, 0.29) is 23.1 Å². The van der Waals surface area contributed by atoms with Crippen molar-refractivity contribution in [1.82, 2.24) is 5.32 Å². The van der Waals surface area contributed by atoms with Crippen LogP contribution in [0.15, 0.2) is 48.5 Å². The van der Waals surface area contributed by atoms with Crippen molar-refractivity contribution in [3.05, 3.63) is 59.7 Å². The van der Waals surface area contributed by atoms with E-state index in [4.69, 9.17) is 9.47 Å². The summed E-state index contributed by atoms with van der Waals surface area (Å²) >= 11 is 0. The van der Waals surface area contributed by atoms with E-state index in [1.807, 2.05) is 37.3 Å². The molecule has 0 aliphatic rings. The van der Waals surface area contributed by atoms with Gasteiger partial charge in [0.15, 0.2) is 17.6 Å². The number of ether oxygens (including phenoxy) is 2. The van der Waals surface area contributed by atoms with Crippen LogP contribution in [0.5, 0.6) is 11.5 Å². The third kappa shape index (κ3) is 5.23. The molecule has 0 aromatic heterocycles. The lowest BCUT2D eigenvalue weighted by Crippen LogP contribution is -2.38. The van der Waals surface area contributed by atoms with Crippen molar-refractivity contribution in [2.24, 2.45) is 0 Å². The van der Waals surface area contributed by atoms with Gasteiger partial charge in [0.05, 0.1) is 13.2 Å². The molecule has 2 aromatic rings. The van der Waals surface area contributed by atoms with Crippen LogP contribution in [0.25, 0.3) is 0 Å². The summed E-state index contributed by atoms with van der Waals surface area (Å²) < 4.78 is 10.2. The number of aromatic hydroxyl groups is 1. The van der Waals surface area contributed by atoms with Crippen molar-refractivity contribution >= 4 is 11.9 Å². The third-order valence-electron chi connectivity index (χ3n) is 4.19. The van der Waals surface area contributed by atoms with Crippen molar-refractivity contribution in [3.63, 3.8) is 0 Å². The summed E-state index contributed by atoms with van der Waals surface area (Å²) in [6.45, 7) is 3.54. The molecule has 2 unspecified atom stereocenters. The van der Waals surface area contributed by atoms with Gasteiger partial charge in [-0.3, -0.25) is 4.79 Å². The molecule has 0 aliphatic heterocycles. The maximum absolute atomic E-state index is 12.5. The highest BCUT2D eigenvalue weighted by atomic mass is 16.5. The summed E-state index contributed by atoms with van der Waals surface area (Å²) in [4.78, 5) is 24.8. The minimum Gasteiger partial charge on any atom is -0.504 e. The molecule has 2 atom stereocenters. The highest BCUT2D eigenvalue weighted by Crippen LogP contribution is 2.30. The van der Waals surface area contributed by atoms with Crippen molar-refractivity contribution < 1.29 is 24.2 Å². The number of amides is 1. The van der Waals surface area contributed by atoms with Gasteiger partial charge < -0.3 is 19.9 Å². The van der Waals surface area contributed by atoms with Gasteiger partial charge in [-0.1, -0.05) is 49.7 Å². The summed E-state index contributed by atoms with van der Waals surface area (Å²) in [7, 11) is 1.39. The van der Waals surface area contributed by atoms with Crippen LogP contribution in [0.1, 0.15) is 48.7 Å². The van der Waals surface area contributed by atoms with Crippen LogP contribution in [0, 0.1) is 0 Å². The zero-order valence-corrected chi connectivity index (χ0v) is 15.8. The average molecular weight is 371 g/mol. The Morgan fingerprint density at radius 2 is 1.81 bits per heavy atom. The molecule has 6 nitrogen and oxygen atoms in total. The fraction of sp³-hybridized carbons (Fsp3) is 0.333. The molecule has 1 amide bonds. The standard InChI is InChI=1S/C21H25NO5/c1-4-9-17(15-10-6-5-7-11-15)22-20(24)14(2)27-21(25)16-12-8-13-18(26-3)19(16)23/h5-8,10-14,17,23H,4,9H2,1-3H3,(H,22,24). The maximum atomic E-state index is 12.5. The summed E-state index contributed by atoms with van der Waals surface area (Å²) in [6.07, 6.45) is 0.657. The molecule has 0 bridgehead atoms. The Balaban J connectivity index is 2.05. The maximum Gasteiger partial charge on any atom is 0.342 e. The van der Waals surface area contributed by atoms with E-state index in [0.29, 0.717) is 0 Å². The first-order valence-corrected chi connectivity index (χ1v) is 8.90. The van der Waals surface area contributed by atoms with E-state index in [2.05, 4.69) is 5.32 Å². The molecule has 0 heterocycles. The number of phenolic OH excluding ortho intramolecular Hbond substituents is 1. The first-order chi connectivity index (χ1) is 13.0. The lowest BCUT2D eigenvalue weighted by molar-refractivity contribution is -0.129. The molecule has 0 spiro atoms. The summed E-state index contributed by atoms with van der Waals surface area (Å²) in [5.74, 6) is -1.34. The molecule has 6 heteroatoms. The summed E-state index contributed by atoms with van der Waals surface area (Å²) in [6, 6.07) is 14.0. The van der Waals surface area contributed by atoms with E-state index in [0.717, 1.165) is 18.4 Å². The van der Waals surface area contributed by atoms with Gasteiger partial charge in [0.2, 0.25) is 0 Å². The van der Waals surface area contributed by atoms with E-state index >= 15 is 0 Å². The molecule has 0 radical (unpaired) electrons. The molecule has 144 valence electrons. The van der Waals surface area contributed by atoms with Crippen molar-refractivity contribution in [1.29, 1.82) is 0 Å². The lowest BCUT2D eigenvalue weighted by atomic mass is 10.0. The number of carbonyl (C=O) groups excluding carboxylic acids is 2. The number of methoxy groups -OCH3 is 1. The molecular formula is C21H25NO5. The Morgan fingerprint density at radius 3 is 2.44 bits per heavy atom. The predicted octanol–water partition coefficient (Wildman–Crippen LogP) is 3.60. The fourth-order valence-corrected chi connectivity index (χ4v) is 2.71. The van der Waals surface area contributed by atoms with Gasteiger partial charge in [-0.25, -0.2) is 4.79 Å². The largest absolute Gasteiger partial charge is 0.504 e. The number of carbonyl (C=O) groups is 2. The van der Waals surface area contributed by atoms with Crippen LogP contribution in [0.2, 0.25) is 0 Å². The van der Waals surface area contributed by atoms with Gasteiger partial charge in [-0.05, 0) is 31.0 Å². The van der Waals surface area contributed by atoms with Crippen LogP contribution < -0.4 is 10.1 Å². The second kappa shape index (κ2) is 9.62. The number of hydrogen-bond acceptors (Lipinski definition) is 5. The Labute approximate surface area is 159 Å². The van der Waals surface area contributed by atoms with Gasteiger partial charge in [-0.15, -0.1) is 0 Å². The van der Waals surface area contributed by atoms with Crippen LogP contribution in [0.3, 0.4) is 0 Å². The topological polar surface area (TPSA) is 84.9 Å². The molecule has 2 N–H and O–H groups in total. The number of phenols is 1. The minimum absolute atomic E-state index is 0.0535. The second-order valence-electron chi connectivity index (χ2n) is 6.16. The third-order valence-corrected chi connectivity index (χ3v) is 4.19.